The molecule has 2 aromatic carbocycles. The van der Waals surface area contributed by atoms with E-state index >= 15 is 0 Å². The van der Waals surface area contributed by atoms with Crippen molar-refractivity contribution in [3.63, 3.8) is 0 Å². The first-order chi connectivity index (χ1) is 10.1. The molecule has 2 rings (SSSR count). The van der Waals surface area contributed by atoms with Crippen molar-refractivity contribution in [2.75, 3.05) is 18.4 Å². The second-order valence-electron chi connectivity index (χ2n) is 5.00. The summed E-state index contributed by atoms with van der Waals surface area (Å²) in [6.07, 6.45) is 0. The molecule has 0 fully saturated rings. The third-order valence-electron chi connectivity index (χ3n) is 3.23. The molecule has 21 heavy (non-hydrogen) atoms. The number of nitrogens with one attached hydrogen (secondary N) is 2. The Kier molecular flexibility index (Phi) is 5.78. The summed E-state index contributed by atoms with van der Waals surface area (Å²) in [6.45, 7) is 3.19. The zero-order valence-corrected chi connectivity index (χ0v) is 12.7. The smallest absolute Gasteiger partial charge is 0.238 e. The fourth-order valence-corrected chi connectivity index (χ4v) is 2.17. The van der Waals surface area contributed by atoms with Crippen molar-refractivity contribution in [1.29, 1.82) is 0 Å². The van der Waals surface area contributed by atoms with Crippen molar-refractivity contribution < 1.29 is 4.79 Å². The number of carbonyl (C=O) groups excluding carboxylic acids is 1. The van der Waals surface area contributed by atoms with Crippen molar-refractivity contribution in [1.82, 2.24) is 5.32 Å². The molecule has 110 valence electrons. The summed E-state index contributed by atoms with van der Waals surface area (Å²) < 4.78 is 0. The van der Waals surface area contributed by atoms with E-state index in [0.717, 1.165) is 12.2 Å². The zero-order chi connectivity index (χ0) is 15.1. The van der Waals surface area contributed by atoms with Gasteiger partial charge < -0.3 is 10.6 Å². The summed E-state index contributed by atoms with van der Waals surface area (Å²) in [5.74, 6) is 0.312. The minimum absolute atomic E-state index is 0.0578. The molecule has 1 unspecified atom stereocenters. The molecule has 0 saturated heterocycles. The lowest BCUT2D eigenvalue weighted by Crippen LogP contribution is -2.30. The molecule has 0 heterocycles. The summed E-state index contributed by atoms with van der Waals surface area (Å²) in [5, 5.41) is 6.65. The molecular formula is C17H19ClN2O. The van der Waals surface area contributed by atoms with Gasteiger partial charge in [-0.25, -0.2) is 0 Å². The molecule has 4 heteroatoms. The van der Waals surface area contributed by atoms with Crippen LogP contribution in [0.3, 0.4) is 0 Å². The maximum absolute atomic E-state index is 11.8. The van der Waals surface area contributed by atoms with E-state index in [-0.39, 0.29) is 5.91 Å². The summed E-state index contributed by atoms with van der Waals surface area (Å²) in [6, 6.07) is 17.3. The van der Waals surface area contributed by atoms with Crippen LogP contribution in [0.1, 0.15) is 18.4 Å². The van der Waals surface area contributed by atoms with Crippen LogP contribution in [0.4, 0.5) is 5.69 Å². The average molecular weight is 303 g/mol. The first-order valence-corrected chi connectivity index (χ1v) is 7.34. The number of amides is 1. The summed E-state index contributed by atoms with van der Waals surface area (Å²) in [4.78, 5) is 11.8. The molecule has 2 N–H and O–H groups in total. The number of benzene rings is 2. The minimum atomic E-state index is -0.0578. The third kappa shape index (κ3) is 5.21. The lowest BCUT2D eigenvalue weighted by Gasteiger charge is -2.13. The van der Waals surface area contributed by atoms with Crippen LogP contribution in [0, 0.1) is 0 Å². The van der Waals surface area contributed by atoms with Crippen LogP contribution in [-0.4, -0.2) is 19.0 Å². The quantitative estimate of drug-likeness (QED) is 0.855. The van der Waals surface area contributed by atoms with E-state index < -0.39 is 0 Å². The predicted octanol–water partition coefficient (Wildman–Crippen LogP) is 3.67. The van der Waals surface area contributed by atoms with Gasteiger partial charge in [-0.15, -0.1) is 0 Å². The van der Waals surface area contributed by atoms with E-state index in [0.29, 0.717) is 17.5 Å². The molecule has 0 aromatic heterocycles. The van der Waals surface area contributed by atoms with Gasteiger partial charge in [-0.1, -0.05) is 48.9 Å². The van der Waals surface area contributed by atoms with E-state index in [4.69, 9.17) is 11.6 Å². The normalized spacial score (nSPS) is 11.9. The van der Waals surface area contributed by atoms with Crippen molar-refractivity contribution in [2.45, 2.75) is 12.8 Å². The SMILES string of the molecule is CC(CNCC(=O)Nc1ccc(Cl)cc1)c1ccccc1. The molecule has 0 saturated carbocycles. The molecule has 0 aliphatic heterocycles. The van der Waals surface area contributed by atoms with E-state index in [1.165, 1.54) is 5.56 Å². The van der Waals surface area contributed by atoms with Gasteiger partial charge in [0, 0.05) is 17.3 Å². The highest BCUT2D eigenvalue weighted by Crippen LogP contribution is 2.14. The number of hydrogen-bond donors (Lipinski definition) is 2. The van der Waals surface area contributed by atoms with Crippen molar-refractivity contribution in [3.8, 4) is 0 Å². The first-order valence-electron chi connectivity index (χ1n) is 6.96. The van der Waals surface area contributed by atoms with E-state index in [1.807, 2.05) is 18.2 Å². The fourth-order valence-electron chi connectivity index (χ4n) is 2.04. The number of halogens is 1. The van der Waals surface area contributed by atoms with Crippen molar-refractivity contribution in [3.05, 3.63) is 65.2 Å². The van der Waals surface area contributed by atoms with Gasteiger partial charge in [0.15, 0.2) is 0 Å². The Balaban J connectivity index is 1.73. The number of rotatable bonds is 6. The third-order valence-corrected chi connectivity index (χ3v) is 3.48. The van der Waals surface area contributed by atoms with Gasteiger partial charge >= 0.3 is 0 Å². The lowest BCUT2D eigenvalue weighted by atomic mass is 10.0. The first kappa shape index (κ1) is 15.5. The lowest BCUT2D eigenvalue weighted by molar-refractivity contribution is -0.115. The number of anilines is 1. The maximum Gasteiger partial charge on any atom is 0.238 e. The molecule has 1 amide bonds. The minimum Gasteiger partial charge on any atom is -0.325 e. The largest absolute Gasteiger partial charge is 0.325 e. The highest BCUT2D eigenvalue weighted by molar-refractivity contribution is 6.30. The van der Waals surface area contributed by atoms with Gasteiger partial charge in [-0.3, -0.25) is 4.79 Å². The molecule has 0 aliphatic rings. The summed E-state index contributed by atoms with van der Waals surface area (Å²) in [7, 11) is 0. The van der Waals surface area contributed by atoms with Crippen LogP contribution in [0.5, 0.6) is 0 Å². The highest BCUT2D eigenvalue weighted by atomic mass is 35.5. The van der Waals surface area contributed by atoms with Gasteiger partial charge in [0.1, 0.15) is 0 Å². The molecule has 3 nitrogen and oxygen atoms in total. The van der Waals surface area contributed by atoms with Gasteiger partial charge in [0.05, 0.1) is 6.54 Å². The molecular weight excluding hydrogens is 284 g/mol. The van der Waals surface area contributed by atoms with Crippen LogP contribution in [0.25, 0.3) is 0 Å². The van der Waals surface area contributed by atoms with Gasteiger partial charge in [0.25, 0.3) is 0 Å². The van der Waals surface area contributed by atoms with Gasteiger partial charge in [-0.05, 0) is 35.7 Å². The molecule has 0 aliphatic carbocycles. The Morgan fingerprint density at radius 2 is 1.76 bits per heavy atom. The van der Waals surface area contributed by atoms with Crippen LogP contribution in [0.15, 0.2) is 54.6 Å². The van der Waals surface area contributed by atoms with Crippen LogP contribution in [-0.2, 0) is 4.79 Å². The van der Waals surface area contributed by atoms with E-state index in [1.54, 1.807) is 24.3 Å². The second-order valence-corrected chi connectivity index (χ2v) is 5.43. The topological polar surface area (TPSA) is 41.1 Å². The molecule has 0 spiro atoms. The van der Waals surface area contributed by atoms with Crippen LogP contribution in [0.2, 0.25) is 5.02 Å². The van der Waals surface area contributed by atoms with Gasteiger partial charge in [-0.2, -0.15) is 0 Å². The standard InChI is InChI=1S/C17H19ClN2O/c1-13(14-5-3-2-4-6-14)11-19-12-17(21)20-16-9-7-15(18)8-10-16/h2-10,13,19H,11-12H2,1H3,(H,20,21). The Morgan fingerprint density at radius 3 is 2.43 bits per heavy atom. The molecule has 0 bridgehead atoms. The predicted molar refractivity (Wildman–Crippen MR) is 87.8 cm³/mol. The Hall–Kier alpha value is -1.84. The Labute approximate surface area is 130 Å². The summed E-state index contributed by atoms with van der Waals surface area (Å²) >= 11 is 5.80. The van der Waals surface area contributed by atoms with Crippen LogP contribution >= 0.6 is 11.6 Å². The van der Waals surface area contributed by atoms with Crippen molar-refractivity contribution >= 4 is 23.2 Å². The van der Waals surface area contributed by atoms with E-state index in [2.05, 4.69) is 29.7 Å². The maximum atomic E-state index is 11.8. The highest BCUT2D eigenvalue weighted by Gasteiger charge is 2.06. The molecule has 1 atom stereocenters. The number of hydrogen-bond acceptors (Lipinski definition) is 2. The Morgan fingerprint density at radius 1 is 1.10 bits per heavy atom. The summed E-state index contributed by atoms with van der Waals surface area (Å²) in [5.41, 5.74) is 2.02. The monoisotopic (exact) mass is 302 g/mol. The molecule has 2 aromatic rings. The van der Waals surface area contributed by atoms with Gasteiger partial charge in [0.2, 0.25) is 5.91 Å². The van der Waals surface area contributed by atoms with Crippen LogP contribution < -0.4 is 10.6 Å². The zero-order valence-electron chi connectivity index (χ0n) is 12.0. The Bertz CT molecular complexity index is 569. The number of carbonyl (C=O) groups is 1. The fraction of sp³-hybridized carbons (Fsp3) is 0.235. The second kappa shape index (κ2) is 7.81. The molecule has 0 radical (unpaired) electrons. The van der Waals surface area contributed by atoms with Crippen molar-refractivity contribution in [2.24, 2.45) is 0 Å². The van der Waals surface area contributed by atoms with E-state index in [9.17, 15) is 4.79 Å². The average Bonchev–Trinajstić information content (AvgIpc) is 2.50.